The van der Waals surface area contributed by atoms with Crippen LogP contribution in [-0.2, 0) is 6.67 Å². The summed E-state index contributed by atoms with van der Waals surface area (Å²) in [7, 11) is 0. The Labute approximate surface area is 96.8 Å². The molecule has 15 heavy (non-hydrogen) atoms. The molecule has 1 aromatic rings. The van der Waals surface area contributed by atoms with Gasteiger partial charge in [-0.1, -0.05) is 0 Å². The highest BCUT2D eigenvalue weighted by Gasteiger charge is 2.33. The Balaban J connectivity index is 3.15. The van der Waals surface area contributed by atoms with Crippen molar-refractivity contribution in [3.8, 4) is 5.88 Å². The van der Waals surface area contributed by atoms with E-state index in [0.29, 0.717) is 9.26 Å². The lowest BCUT2D eigenvalue weighted by Gasteiger charge is -2.12. The van der Waals surface area contributed by atoms with Gasteiger partial charge in [0.15, 0.2) is 0 Å². The van der Waals surface area contributed by atoms with E-state index in [-0.39, 0.29) is 5.56 Å². The van der Waals surface area contributed by atoms with Crippen molar-refractivity contribution in [2.45, 2.75) is 20.0 Å². The molecule has 0 bridgehead atoms. The number of pyridine rings is 1. The van der Waals surface area contributed by atoms with E-state index < -0.39 is 18.9 Å². The Bertz CT molecular complexity index is 366. The van der Waals surface area contributed by atoms with Gasteiger partial charge in [0.05, 0.1) is 5.56 Å². The average Bonchev–Trinajstić information content (AvgIpc) is 1.99. The topological polar surface area (TPSA) is 22.1 Å². The van der Waals surface area contributed by atoms with E-state index in [1.54, 1.807) is 22.6 Å². The Hall–Kier alpha value is -0.600. The highest BCUT2D eigenvalue weighted by atomic mass is 127. The molecule has 0 fully saturated rings. The summed E-state index contributed by atoms with van der Waals surface area (Å²) in [6.07, 6.45) is -4.85. The highest BCUT2D eigenvalue weighted by Crippen LogP contribution is 2.28. The highest BCUT2D eigenvalue weighted by molar-refractivity contribution is 14.1. The van der Waals surface area contributed by atoms with E-state index in [1.165, 1.54) is 13.0 Å². The zero-order chi connectivity index (χ0) is 11.6. The molecule has 0 radical (unpaired) electrons. The summed E-state index contributed by atoms with van der Waals surface area (Å²) in [6.45, 7) is 0.463. The molecule has 0 aliphatic rings. The van der Waals surface area contributed by atoms with Crippen molar-refractivity contribution in [2.75, 3.05) is 0 Å². The van der Waals surface area contributed by atoms with Crippen molar-refractivity contribution >= 4 is 22.6 Å². The van der Waals surface area contributed by atoms with Crippen LogP contribution in [0.2, 0.25) is 0 Å². The molecule has 0 amide bonds. The van der Waals surface area contributed by atoms with E-state index in [9.17, 15) is 17.6 Å². The van der Waals surface area contributed by atoms with Crippen LogP contribution in [0.3, 0.4) is 0 Å². The van der Waals surface area contributed by atoms with Crippen molar-refractivity contribution in [2.24, 2.45) is 0 Å². The van der Waals surface area contributed by atoms with E-state index >= 15 is 0 Å². The number of aromatic nitrogens is 1. The molecule has 0 atom stereocenters. The molecule has 0 aromatic carbocycles. The number of hydrogen-bond donors (Lipinski definition) is 0. The van der Waals surface area contributed by atoms with Crippen LogP contribution >= 0.6 is 22.6 Å². The molecule has 0 aliphatic carbocycles. The number of rotatable bonds is 2. The van der Waals surface area contributed by atoms with Crippen LogP contribution in [0, 0.1) is 10.5 Å². The van der Waals surface area contributed by atoms with E-state index in [1.807, 2.05) is 0 Å². The maximum Gasteiger partial charge on any atom is 0.574 e. The van der Waals surface area contributed by atoms with Gasteiger partial charge in [0.25, 0.3) is 0 Å². The summed E-state index contributed by atoms with van der Waals surface area (Å²) in [4.78, 5) is 3.50. The average molecular weight is 335 g/mol. The number of alkyl halides is 4. The Kier molecular flexibility index (Phi) is 3.74. The van der Waals surface area contributed by atoms with Gasteiger partial charge in [-0.2, -0.15) is 0 Å². The minimum absolute atomic E-state index is 0.182. The van der Waals surface area contributed by atoms with Gasteiger partial charge in [0.2, 0.25) is 5.88 Å². The molecule has 1 heterocycles. The summed E-state index contributed by atoms with van der Waals surface area (Å²) in [6, 6.07) is 1.48. The van der Waals surface area contributed by atoms with Crippen LogP contribution in [-0.4, -0.2) is 11.3 Å². The van der Waals surface area contributed by atoms with Gasteiger partial charge in [-0.3, -0.25) is 0 Å². The Morgan fingerprint density at radius 3 is 2.53 bits per heavy atom. The van der Waals surface area contributed by atoms with Crippen molar-refractivity contribution in [3.63, 3.8) is 0 Å². The molecule has 2 nitrogen and oxygen atoms in total. The number of aryl methyl sites for hydroxylation is 1. The predicted octanol–water partition coefficient (Wildman–Crippen LogP) is 3.36. The number of nitrogens with zero attached hydrogens (tertiary/aromatic N) is 1. The van der Waals surface area contributed by atoms with E-state index in [0.717, 1.165) is 0 Å². The lowest BCUT2D eigenvalue weighted by molar-refractivity contribution is -0.276. The van der Waals surface area contributed by atoms with E-state index in [2.05, 4.69) is 9.72 Å². The van der Waals surface area contributed by atoms with Gasteiger partial charge in [0, 0.05) is 9.26 Å². The van der Waals surface area contributed by atoms with Crippen LogP contribution in [0.25, 0.3) is 0 Å². The predicted molar refractivity (Wildman–Crippen MR) is 53.2 cm³/mol. The fourth-order valence-electron chi connectivity index (χ4n) is 0.948. The minimum Gasteiger partial charge on any atom is -0.387 e. The van der Waals surface area contributed by atoms with Crippen LogP contribution in [0.15, 0.2) is 6.07 Å². The second-order valence-electron chi connectivity index (χ2n) is 2.71. The monoisotopic (exact) mass is 335 g/mol. The second kappa shape index (κ2) is 4.50. The third kappa shape index (κ3) is 3.47. The van der Waals surface area contributed by atoms with E-state index in [4.69, 9.17) is 0 Å². The normalized spacial score (nSPS) is 11.6. The van der Waals surface area contributed by atoms with Gasteiger partial charge >= 0.3 is 6.36 Å². The molecule has 1 aromatic heterocycles. The van der Waals surface area contributed by atoms with Crippen LogP contribution in [0.5, 0.6) is 5.88 Å². The molecule has 0 N–H and O–H groups in total. The molecule has 0 spiro atoms. The zero-order valence-electron chi connectivity index (χ0n) is 7.53. The molecule has 0 unspecified atom stereocenters. The quantitative estimate of drug-likeness (QED) is 0.611. The molecule has 1 rings (SSSR count). The number of ether oxygens (including phenoxy) is 1. The molecule has 7 heteroatoms. The molecular formula is C8H6F4INO. The third-order valence-electron chi connectivity index (χ3n) is 1.51. The number of halogens is 5. The summed E-state index contributed by atoms with van der Waals surface area (Å²) in [5, 5.41) is 0. The van der Waals surface area contributed by atoms with Gasteiger partial charge in [-0.05, 0) is 35.6 Å². The fraction of sp³-hybridized carbons (Fsp3) is 0.375. The van der Waals surface area contributed by atoms with Crippen LogP contribution in [0.4, 0.5) is 17.6 Å². The maximum atomic E-state index is 12.5. The maximum absolute atomic E-state index is 12.5. The SMILES string of the molecule is Cc1cc(I)c(CF)c(OC(F)(F)F)n1. The largest absolute Gasteiger partial charge is 0.574 e. The van der Waals surface area contributed by atoms with Gasteiger partial charge in [-0.25, -0.2) is 9.37 Å². The molecule has 0 saturated heterocycles. The van der Waals surface area contributed by atoms with Crippen molar-refractivity contribution in [1.82, 2.24) is 4.98 Å². The first kappa shape index (κ1) is 12.5. The summed E-state index contributed by atoms with van der Waals surface area (Å²) in [5.74, 6) is -0.714. The second-order valence-corrected chi connectivity index (χ2v) is 3.87. The van der Waals surface area contributed by atoms with Gasteiger partial charge < -0.3 is 4.74 Å². The first-order valence-corrected chi connectivity index (χ1v) is 4.89. The third-order valence-corrected chi connectivity index (χ3v) is 2.47. The Morgan fingerprint density at radius 1 is 1.47 bits per heavy atom. The first-order valence-electron chi connectivity index (χ1n) is 3.81. The standard InChI is InChI=1S/C8H6F4INO/c1-4-2-6(13)5(3-9)7(14-4)15-8(10,11)12/h2H,3H2,1H3. The molecular weight excluding hydrogens is 329 g/mol. The smallest absolute Gasteiger partial charge is 0.387 e. The van der Waals surface area contributed by atoms with Crippen LogP contribution < -0.4 is 4.74 Å². The van der Waals surface area contributed by atoms with Crippen LogP contribution in [0.1, 0.15) is 11.3 Å². The summed E-state index contributed by atoms with van der Waals surface area (Å²) < 4.78 is 52.3. The van der Waals surface area contributed by atoms with Gasteiger partial charge in [0.1, 0.15) is 6.67 Å². The minimum atomic E-state index is -4.85. The molecule has 0 aliphatic heterocycles. The summed E-state index contributed by atoms with van der Waals surface area (Å²) in [5.41, 5.74) is 0.161. The lowest BCUT2D eigenvalue weighted by Crippen LogP contribution is -2.19. The number of hydrogen-bond acceptors (Lipinski definition) is 2. The Morgan fingerprint density at radius 2 is 2.07 bits per heavy atom. The molecule has 84 valence electrons. The summed E-state index contributed by atoms with van der Waals surface area (Å²) >= 11 is 1.74. The lowest BCUT2D eigenvalue weighted by atomic mass is 10.2. The van der Waals surface area contributed by atoms with Gasteiger partial charge in [-0.15, -0.1) is 13.2 Å². The molecule has 0 saturated carbocycles. The van der Waals surface area contributed by atoms with Crippen molar-refractivity contribution < 1.29 is 22.3 Å². The van der Waals surface area contributed by atoms with Crippen molar-refractivity contribution in [3.05, 3.63) is 20.9 Å². The fourth-order valence-corrected chi connectivity index (χ4v) is 1.77. The zero-order valence-corrected chi connectivity index (χ0v) is 9.69. The first-order chi connectivity index (χ1) is 6.83. The van der Waals surface area contributed by atoms with Crippen molar-refractivity contribution in [1.29, 1.82) is 0 Å².